The first kappa shape index (κ1) is 13.9. The molecule has 5 heteroatoms. The van der Waals surface area contributed by atoms with Crippen molar-refractivity contribution in [3.05, 3.63) is 65.4 Å². The molecule has 1 N–H and O–H groups in total. The van der Waals surface area contributed by atoms with Crippen LogP contribution in [0.1, 0.15) is 15.9 Å². The van der Waals surface area contributed by atoms with Gasteiger partial charge in [0.05, 0.1) is 18.4 Å². The molecule has 0 fully saturated rings. The van der Waals surface area contributed by atoms with Gasteiger partial charge in [0.15, 0.2) is 5.75 Å². The Labute approximate surface area is 127 Å². The predicted octanol–water partition coefficient (Wildman–Crippen LogP) is 2.85. The summed E-state index contributed by atoms with van der Waals surface area (Å²) in [5, 5.41) is 2.96. The minimum Gasteiger partial charge on any atom is -0.465 e. The number of carbonyl (C=O) groups excluding carboxylic acids is 2. The SMILES string of the molecule is COC(=O)c1cccc2c1N/C(=C\c1ccccc1)C(=O)O2. The lowest BCUT2D eigenvalue weighted by molar-refractivity contribution is -0.130. The van der Waals surface area contributed by atoms with Crippen molar-refractivity contribution in [2.24, 2.45) is 0 Å². The summed E-state index contributed by atoms with van der Waals surface area (Å²) < 4.78 is 10.0. The second-order valence-electron chi connectivity index (χ2n) is 4.65. The highest BCUT2D eigenvalue weighted by molar-refractivity contribution is 6.06. The first-order valence-corrected chi connectivity index (χ1v) is 6.66. The van der Waals surface area contributed by atoms with Crippen molar-refractivity contribution in [1.82, 2.24) is 0 Å². The minimum absolute atomic E-state index is 0.259. The van der Waals surface area contributed by atoms with Gasteiger partial charge in [-0.15, -0.1) is 0 Å². The minimum atomic E-state index is -0.502. The molecule has 2 aromatic carbocycles. The number of ether oxygens (including phenoxy) is 2. The second kappa shape index (κ2) is 5.73. The molecule has 1 heterocycles. The van der Waals surface area contributed by atoms with Gasteiger partial charge >= 0.3 is 11.9 Å². The van der Waals surface area contributed by atoms with Crippen molar-refractivity contribution < 1.29 is 19.1 Å². The second-order valence-corrected chi connectivity index (χ2v) is 4.65. The Morgan fingerprint density at radius 3 is 2.64 bits per heavy atom. The number of para-hydroxylation sites is 1. The van der Waals surface area contributed by atoms with Crippen molar-refractivity contribution in [3.63, 3.8) is 0 Å². The van der Waals surface area contributed by atoms with Crippen molar-refractivity contribution in [1.29, 1.82) is 0 Å². The van der Waals surface area contributed by atoms with Gasteiger partial charge in [0, 0.05) is 0 Å². The maximum Gasteiger partial charge on any atom is 0.360 e. The molecule has 0 saturated carbocycles. The highest BCUT2D eigenvalue weighted by Gasteiger charge is 2.26. The third-order valence-corrected chi connectivity index (χ3v) is 3.22. The number of esters is 2. The van der Waals surface area contributed by atoms with E-state index in [0.29, 0.717) is 17.0 Å². The summed E-state index contributed by atoms with van der Waals surface area (Å²) in [7, 11) is 1.30. The van der Waals surface area contributed by atoms with E-state index in [0.717, 1.165) is 5.56 Å². The maximum atomic E-state index is 12.0. The van der Waals surface area contributed by atoms with Crippen LogP contribution in [0.2, 0.25) is 0 Å². The number of methoxy groups -OCH3 is 1. The summed E-state index contributed by atoms with van der Waals surface area (Å²) in [6.45, 7) is 0. The summed E-state index contributed by atoms with van der Waals surface area (Å²) in [5.74, 6) is -0.696. The van der Waals surface area contributed by atoms with Gasteiger partial charge in [-0.25, -0.2) is 9.59 Å². The van der Waals surface area contributed by atoms with E-state index >= 15 is 0 Å². The lowest BCUT2D eigenvalue weighted by Crippen LogP contribution is -2.24. The third-order valence-electron chi connectivity index (χ3n) is 3.22. The highest BCUT2D eigenvalue weighted by atomic mass is 16.5. The van der Waals surface area contributed by atoms with Gasteiger partial charge in [0.25, 0.3) is 0 Å². The average Bonchev–Trinajstić information content (AvgIpc) is 2.55. The molecule has 0 atom stereocenters. The number of hydrogen-bond donors (Lipinski definition) is 1. The number of nitrogens with one attached hydrogen (secondary N) is 1. The predicted molar refractivity (Wildman–Crippen MR) is 81.5 cm³/mol. The third kappa shape index (κ3) is 2.56. The van der Waals surface area contributed by atoms with E-state index < -0.39 is 11.9 Å². The van der Waals surface area contributed by atoms with Crippen LogP contribution in [0.3, 0.4) is 0 Å². The Morgan fingerprint density at radius 1 is 1.14 bits per heavy atom. The summed E-state index contributed by atoms with van der Waals surface area (Å²) in [6.07, 6.45) is 1.67. The zero-order valence-electron chi connectivity index (χ0n) is 11.8. The number of anilines is 1. The largest absolute Gasteiger partial charge is 0.465 e. The van der Waals surface area contributed by atoms with E-state index in [2.05, 4.69) is 5.32 Å². The highest BCUT2D eigenvalue weighted by Crippen LogP contribution is 2.34. The van der Waals surface area contributed by atoms with Crippen molar-refractivity contribution >= 4 is 23.7 Å². The smallest absolute Gasteiger partial charge is 0.360 e. The Morgan fingerprint density at radius 2 is 1.91 bits per heavy atom. The molecule has 110 valence electrons. The number of fused-ring (bicyclic) bond motifs is 1. The quantitative estimate of drug-likeness (QED) is 0.524. The van der Waals surface area contributed by atoms with Crippen molar-refractivity contribution in [2.45, 2.75) is 0 Å². The van der Waals surface area contributed by atoms with Crippen LogP contribution in [-0.2, 0) is 9.53 Å². The zero-order chi connectivity index (χ0) is 15.5. The molecule has 5 nitrogen and oxygen atoms in total. The van der Waals surface area contributed by atoms with E-state index in [-0.39, 0.29) is 5.70 Å². The molecular weight excluding hydrogens is 282 g/mol. The van der Waals surface area contributed by atoms with Gasteiger partial charge in [-0.2, -0.15) is 0 Å². The molecule has 0 unspecified atom stereocenters. The first-order chi connectivity index (χ1) is 10.7. The van der Waals surface area contributed by atoms with Crippen LogP contribution in [0.5, 0.6) is 5.75 Å². The monoisotopic (exact) mass is 295 g/mol. The molecule has 22 heavy (non-hydrogen) atoms. The number of benzene rings is 2. The fourth-order valence-electron chi connectivity index (χ4n) is 2.18. The van der Waals surface area contributed by atoms with Crippen molar-refractivity contribution in [2.75, 3.05) is 12.4 Å². The summed E-state index contributed by atoms with van der Waals surface area (Å²) in [6, 6.07) is 14.2. The molecule has 2 aromatic rings. The molecule has 0 amide bonds. The molecular formula is C17H13NO4. The summed E-state index contributed by atoms with van der Waals surface area (Å²) >= 11 is 0. The Kier molecular flexibility index (Phi) is 3.62. The number of hydrogen-bond acceptors (Lipinski definition) is 5. The average molecular weight is 295 g/mol. The van der Waals surface area contributed by atoms with Gasteiger partial charge in [-0.3, -0.25) is 0 Å². The summed E-state index contributed by atoms with van der Waals surface area (Å²) in [5.41, 5.74) is 1.85. The van der Waals surface area contributed by atoms with Gasteiger partial charge in [-0.05, 0) is 23.8 Å². The molecule has 0 spiro atoms. The van der Waals surface area contributed by atoms with E-state index in [9.17, 15) is 9.59 Å². The van der Waals surface area contributed by atoms with Crippen LogP contribution >= 0.6 is 0 Å². The van der Waals surface area contributed by atoms with E-state index in [1.807, 2.05) is 30.3 Å². The Hall–Kier alpha value is -3.08. The molecule has 0 aromatic heterocycles. The molecule has 0 aliphatic carbocycles. The van der Waals surface area contributed by atoms with E-state index in [4.69, 9.17) is 9.47 Å². The molecule has 1 aliphatic rings. The fraction of sp³-hybridized carbons (Fsp3) is 0.0588. The lowest BCUT2D eigenvalue weighted by Gasteiger charge is -2.21. The van der Waals surface area contributed by atoms with Crippen LogP contribution in [-0.4, -0.2) is 19.0 Å². The Balaban J connectivity index is 2.02. The number of rotatable bonds is 2. The topological polar surface area (TPSA) is 64.6 Å². The Bertz CT molecular complexity index is 765. The summed E-state index contributed by atoms with van der Waals surface area (Å²) in [4.78, 5) is 23.9. The van der Waals surface area contributed by atoms with Crippen molar-refractivity contribution in [3.8, 4) is 5.75 Å². The van der Waals surface area contributed by atoms with Crippen LogP contribution in [0.4, 0.5) is 5.69 Å². The van der Waals surface area contributed by atoms with Gasteiger partial charge in [-0.1, -0.05) is 36.4 Å². The van der Waals surface area contributed by atoms with Gasteiger partial charge in [0.2, 0.25) is 0 Å². The molecule has 1 aliphatic heterocycles. The first-order valence-electron chi connectivity index (χ1n) is 6.66. The van der Waals surface area contributed by atoms with Crippen LogP contribution < -0.4 is 10.1 Å². The standard InChI is InChI=1S/C17H13NO4/c1-21-16(19)12-8-5-9-14-15(12)18-13(17(20)22-14)10-11-6-3-2-4-7-11/h2-10,18H,1H3/b13-10-. The fourth-order valence-corrected chi connectivity index (χ4v) is 2.18. The van der Waals surface area contributed by atoms with Gasteiger partial charge < -0.3 is 14.8 Å². The number of carbonyl (C=O) groups is 2. The lowest BCUT2D eigenvalue weighted by atomic mass is 10.1. The van der Waals surface area contributed by atoms with Crippen LogP contribution in [0.15, 0.2) is 54.2 Å². The van der Waals surface area contributed by atoms with Gasteiger partial charge in [0.1, 0.15) is 5.70 Å². The van der Waals surface area contributed by atoms with Crippen LogP contribution in [0, 0.1) is 0 Å². The normalized spacial score (nSPS) is 14.8. The van der Waals surface area contributed by atoms with Crippen LogP contribution in [0.25, 0.3) is 6.08 Å². The molecule has 0 radical (unpaired) electrons. The molecule has 0 bridgehead atoms. The van der Waals surface area contributed by atoms with E-state index in [1.54, 1.807) is 24.3 Å². The molecule has 3 rings (SSSR count). The zero-order valence-corrected chi connectivity index (χ0v) is 11.8. The molecule has 0 saturated heterocycles. The van der Waals surface area contributed by atoms with E-state index in [1.165, 1.54) is 7.11 Å². The maximum absolute atomic E-state index is 12.0.